The van der Waals surface area contributed by atoms with Crippen molar-refractivity contribution in [1.29, 1.82) is 0 Å². The van der Waals surface area contributed by atoms with Gasteiger partial charge in [0, 0.05) is 24.7 Å². The zero-order chi connectivity index (χ0) is 9.52. The SMILES string of the molecule is CSCCNC(=O)c1cnccn1. The molecule has 1 rings (SSSR count). The van der Waals surface area contributed by atoms with Crippen molar-refractivity contribution in [3.05, 3.63) is 24.3 Å². The summed E-state index contributed by atoms with van der Waals surface area (Å²) in [6.07, 6.45) is 6.49. The van der Waals surface area contributed by atoms with Crippen LogP contribution in [0, 0.1) is 0 Å². The largest absolute Gasteiger partial charge is 0.350 e. The van der Waals surface area contributed by atoms with Crippen LogP contribution in [-0.4, -0.2) is 34.4 Å². The number of carbonyl (C=O) groups excluding carboxylic acids is 1. The molecule has 0 aromatic carbocycles. The Balaban J connectivity index is 2.40. The Kier molecular flexibility index (Phi) is 4.25. The molecule has 0 saturated carbocycles. The van der Waals surface area contributed by atoms with Gasteiger partial charge >= 0.3 is 0 Å². The van der Waals surface area contributed by atoms with Crippen LogP contribution in [0.15, 0.2) is 18.6 Å². The van der Waals surface area contributed by atoms with Gasteiger partial charge in [-0.1, -0.05) is 0 Å². The zero-order valence-corrected chi connectivity index (χ0v) is 8.17. The van der Waals surface area contributed by atoms with Crippen molar-refractivity contribution in [3.8, 4) is 0 Å². The van der Waals surface area contributed by atoms with Gasteiger partial charge in [-0.05, 0) is 6.26 Å². The molecule has 1 amide bonds. The summed E-state index contributed by atoms with van der Waals surface area (Å²) >= 11 is 1.69. The molecule has 0 radical (unpaired) electrons. The predicted molar refractivity (Wildman–Crippen MR) is 52.7 cm³/mol. The molecule has 1 N–H and O–H groups in total. The fourth-order valence-corrected chi connectivity index (χ4v) is 1.08. The topological polar surface area (TPSA) is 54.9 Å². The minimum Gasteiger partial charge on any atom is -0.350 e. The molecule has 0 atom stereocenters. The monoisotopic (exact) mass is 197 g/mol. The summed E-state index contributed by atoms with van der Waals surface area (Å²) in [5.74, 6) is 0.744. The third-order valence-electron chi connectivity index (χ3n) is 1.39. The van der Waals surface area contributed by atoms with E-state index in [-0.39, 0.29) is 5.91 Å². The van der Waals surface area contributed by atoms with Gasteiger partial charge in [0.1, 0.15) is 5.69 Å². The molecule has 0 aliphatic rings. The van der Waals surface area contributed by atoms with Crippen molar-refractivity contribution >= 4 is 17.7 Å². The highest BCUT2D eigenvalue weighted by Crippen LogP contribution is 1.91. The molecule has 0 bridgehead atoms. The van der Waals surface area contributed by atoms with E-state index in [4.69, 9.17) is 0 Å². The van der Waals surface area contributed by atoms with Crippen LogP contribution < -0.4 is 5.32 Å². The number of hydrogen-bond donors (Lipinski definition) is 1. The zero-order valence-electron chi connectivity index (χ0n) is 7.36. The Morgan fingerprint density at radius 2 is 2.46 bits per heavy atom. The van der Waals surface area contributed by atoms with Crippen molar-refractivity contribution in [3.63, 3.8) is 0 Å². The molecule has 13 heavy (non-hydrogen) atoms. The first-order chi connectivity index (χ1) is 6.34. The smallest absolute Gasteiger partial charge is 0.271 e. The lowest BCUT2D eigenvalue weighted by Crippen LogP contribution is -2.26. The second kappa shape index (κ2) is 5.53. The van der Waals surface area contributed by atoms with E-state index in [0.717, 1.165) is 5.75 Å². The molecule has 0 unspecified atom stereocenters. The standard InChI is InChI=1S/C8H11N3OS/c1-13-5-4-11-8(12)7-6-9-2-3-10-7/h2-3,6H,4-5H2,1H3,(H,11,12). The van der Waals surface area contributed by atoms with E-state index in [9.17, 15) is 4.79 Å². The van der Waals surface area contributed by atoms with Crippen molar-refractivity contribution in [2.45, 2.75) is 0 Å². The number of aromatic nitrogens is 2. The normalized spacial score (nSPS) is 9.62. The second-order valence-corrected chi connectivity index (χ2v) is 3.32. The van der Waals surface area contributed by atoms with Crippen molar-refractivity contribution in [2.24, 2.45) is 0 Å². The maximum absolute atomic E-state index is 11.3. The highest BCUT2D eigenvalue weighted by Gasteiger charge is 2.04. The lowest BCUT2D eigenvalue weighted by atomic mass is 10.4. The number of amides is 1. The molecule has 0 aliphatic heterocycles. The van der Waals surface area contributed by atoms with Crippen LogP contribution in [0.25, 0.3) is 0 Å². The average Bonchev–Trinajstić information content (AvgIpc) is 2.19. The number of nitrogens with one attached hydrogen (secondary N) is 1. The van der Waals surface area contributed by atoms with Gasteiger partial charge in [0.2, 0.25) is 0 Å². The van der Waals surface area contributed by atoms with E-state index in [1.807, 2.05) is 6.26 Å². The summed E-state index contributed by atoms with van der Waals surface area (Å²) in [5, 5.41) is 2.74. The highest BCUT2D eigenvalue weighted by molar-refractivity contribution is 7.98. The average molecular weight is 197 g/mol. The molecule has 5 heteroatoms. The van der Waals surface area contributed by atoms with Crippen LogP contribution in [0.1, 0.15) is 10.5 Å². The summed E-state index contributed by atoms with van der Waals surface area (Å²) in [6.45, 7) is 0.663. The Bertz CT molecular complexity index is 265. The first-order valence-corrected chi connectivity index (χ1v) is 5.27. The van der Waals surface area contributed by atoms with Gasteiger partial charge in [0.25, 0.3) is 5.91 Å². The number of nitrogens with zero attached hydrogens (tertiary/aromatic N) is 2. The van der Waals surface area contributed by atoms with Gasteiger partial charge in [-0.25, -0.2) is 4.98 Å². The fraction of sp³-hybridized carbons (Fsp3) is 0.375. The molecule has 1 heterocycles. The van der Waals surface area contributed by atoms with Gasteiger partial charge in [0.15, 0.2) is 0 Å². The van der Waals surface area contributed by atoms with Gasteiger partial charge in [-0.2, -0.15) is 11.8 Å². The Morgan fingerprint density at radius 1 is 1.62 bits per heavy atom. The Labute approximate surface area is 81.2 Å². The summed E-state index contributed by atoms with van der Waals surface area (Å²) in [5.41, 5.74) is 0.364. The highest BCUT2D eigenvalue weighted by atomic mass is 32.2. The lowest BCUT2D eigenvalue weighted by Gasteiger charge is -2.01. The minimum absolute atomic E-state index is 0.165. The third kappa shape index (κ3) is 3.42. The molecule has 4 nitrogen and oxygen atoms in total. The van der Waals surface area contributed by atoms with E-state index < -0.39 is 0 Å². The summed E-state index contributed by atoms with van der Waals surface area (Å²) in [4.78, 5) is 19.0. The minimum atomic E-state index is -0.165. The lowest BCUT2D eigenvalue weighted by molar-refractivity contribution is 0.0951. The van der Waals surface area contributed by atoms with Crippen LogP contribution in [0.4, 0.5) is 0 Å². The van der Waals surface area contributed by atoms with Crippen LogP contribution in [-0.2, 0) is 0 Å². The van der Waals surface area contributed by atoms with E-state index in [2.05, 4.69) is 15.3 Å². The Hall–Kier alpha value is -1.10. The number of thioether (sulfide) groups is 1. The van der Waals surface area contributed by atoms with Crippen LogP contribution in [0.2, 0.25) is 0 Å². The van der Waals surface area contributed by atoms with Crippen LogP contribution in [0.5, 0.6) is 0 Å². The Morgan fingerprint density at radius 3 is 3.08 bits per heavy atom. The van der Waals surface area contributed by atoms with Gasteiger partial charge in [0.05, 0.1) is 6.20 Å². The quantitative estimate of drug-likeness (QED) is 0.717. The fourth-order valence-electron chi connectivity index (χ4n) is 0.774. The van der Waals surface area contributed by atoms with Crippen molar-refractivity contribution < 1.29 is 4.79 Å². The molecule has 0 fully saturated rings. The van der Waals surface area contributed by atoms with Crippen molar-refractivity contribution in [1.82, 2.24) is 15.3 Å². The van der Waals surface area contributed by atoms with E-state index in [0.29, 0.717) is 12.2 Å². The summed E-state index contributed by atoms with van der Waals surface area (Å²) in [6, 6.07) is 0. The molecular formula is C8H11N3OS. The maximum Gasteiger partial charge on any atom is 0.271 e. The predicted octanol–water partition coefficient (Wildman–Crippen LogP) is 0.569. The van der Waals surface area contributed by atoms with Crippen molar-refractivity contribution in [2.75, 3.05) is 18.6 Å². The van der Waals surface area contributed by atoms with Gasteiger partial charge < -0.3 is 5.32 Å². The number of rotatable bonds is 4. The first kappa shape index (κ1) is 9.98. The second-order valence-electron chi connectivity index (χ2n) is 2.34. The maximum atomic E-state index is 11.3. The molecular weight excluding hydrogens is 186 g/mol. The number of carbonyl (C=O) groups is 1. The van der Waals surface area contributed by atoms with E-state index >= 15 is 0 Å². The van der Waals surface area contributed by atoms with E-state index in [1.165, 1.54) is 12.4 Å². The molecule has 1 aromatic heterocycles. The van der Waals surface area contributed by atoms with Gasteiger partial charge in [-0.3, -0.25) is 9.78 Å². The molecule has 0 saturated heterocycles. The van der Waals surface area contributed by atoms with Crippen LogP contribution >= 0.6 is 11.8 Å². The molecule has 1 aromatic rings. The first-order valence-electron chi connectivity index (χ1n) is 3.87. The molecule has 70 valence electrons. The molecule has 0 aliphatic carbocycles. The molecule has 0 spiro atoms. The van der Waals surface area contributed by atoms with E-state index in [1.54, 1.807) is 18.0 Å². The summed E-state index contributed by atoms with van der Waals surface area (Å²) < 4.78 is 0. The van der Waals surface area contributed by atoms with Gasteiger partial charge in [-0.15, -0.1) is 0 Å². The summed E-state index contributed by atoms with van der Waals surface area (Å²) in [7, 11) is 0. The number of hydrogen-bond acceptors (Lipinski definition) is 4. The third-order valence-corrected chi connectivity index (χ3v) is 2.00. The van der Waals surface area contributed by atoms with Crippen LogP contribution in [0.3, 0.4) is 0 Å².